The average molecular weight is 323 g/mol. The van der Waals surface area contributed by atoms with Gasteiger partial charge in [-0.1, -0.05) is 55.5 Å². The van der Waals surface area contributed by atoms with Crippen molar-refractivity contribution < 1.29 is 5.11 Å². The van der Waals surface area contributed by atoms with E-state index in [1.807, 2.05) is 30.3 Å². The highest BCUT2D eigenvalue weighted by Gasteiger charge is 2.39. The fourth-order valence-electron chi connectivity index (χ4n) is 4.15. The number of para-hydroxylation sites is 1. The predicted molar refractivity (Wildman–Crippen MR) is 101 cm³/mol. The van der Waals surface area contributed by atoms with Gasteiger partial charge in [-0.2, -0.15) is 0 Å². The van der Waals surface area contributed by atoms with Gasteiger partial charge in [0.05, 0.1) is 5.60 Å². The van der Waals surface area contributed by atoms with Crippen LogP contribution >= 0.6 is 0 Å². The summed E-state index contributed by atoms with van der Waals surface area (Å²) in [6, 6.07) is 18.8. The Morgan fingerprint density at radius 2 is 1.67 bits per heavy atom. The molecule has 1 aliphatic heterocycles. The van der Waals surface area contributed by atoms with Crippen molar-refractivity contribution in [3.63, 3.8) is 0 Å². The Kier molecular flexibility index (Phi) is 4.69. The van der Waals surface area contributed by atoms with Crippen LogP contribution in [0.1, 0.15) is 51.2 Å². The molecule has 2 aromatic rings. The van der Waals surface area contributed by atoms with Crippen molar-refractivity contribution >= 4 is 5.69 Å². The zero-order chi connectivity index (χ0) is 17.2. The van der Waals surface area contributed by atoms with Crippen molar-refractivity contribution in [2.24, 2.45) is 0 Å². The van der Waals surface area contributed by atoms with Crippen LogP contribution in [0.25, 0.3) is 0 Å². The number of anilines is 1. The second-order valence-corrected chi connectivity index (χ2v) is 7.62. The van der Waals surface area contributed by atoms with E-state index in [9.17, 15) is 5.11 Å². The van der Waals surface area contributed by atoms with Gasteiger partial charge < -0.3 is 10.0 Å². The Morgan fingerprint density at radius 3 is 2.38 bits per heavy atom. The molecule has 1 aliphatic rings. The molecule has 0 amide bonds. The minimum Gasteiger partial charge on any atom is -0.385 e. The van der Waals surface area contributed by atoms with E-state index in [0.29, 0.717) is 0 Å². The lowest BCUT2D eigenvalue weighted by molar-refractivity contribution is 0.00460. The van der Waals surface area contributed by atoms with Crippen LogP contribution in [0.15, 0.2) is 54.6 Å². The maximum atomic E-state index is 11.4. The highest BCUT2D eigenvalue weighted by molar-refractivity contribution is 5.57. The van der Waals surface area contributed by atoms with E-state index in [-0.39, 0.29) is 5.54 Å². The maximum absolute atomic E-state index is 11.4. The average Bonchev–Trinajstić information content (AvgIpc) is 2.61. The van der Waals surface area contributed by atoms with Crippen molar-refractivity contribution in [2.75, 3.05) is 11.4 Å². The van der Waals surface area contributed by atoms with E-state index < -0.39 is 5.60 Å². The van der Waals surface area contributed by atoms with Crippen LogP contribution in [0.2, 0.25) is 0 Å². The summed E-state index contributed by atoms with van der Waals surface area (Å²) in [6.45, 7) is 7.66. The predicted octanol–water partition coefficient (Wildman–Crippen LogP) is 4.91. The molecule has 0 saturated heterocycles. The quantitative estimate of drug-likeness (QED) is 0.845. The summed E-state index contributed by atoms with van der Waals surface area (Å²) >= 11 is 0. The van der Waals surface area contributed by atoms with Gasteiger partial charge in [0.25, 0.3) is 0 Å². The van der Waals surface area contributed by atoms with E-state index in [1.165, 1.54) is 17.7 Å². The van der Waals surface area contributed by atoms with Gasteiger partial charge in [-0.05, 0) is 50.3 Å². The summed E-state index contributed by atoms with van der Waals surface area (Å²) in [5, 5.41) is 11.4. The molecule has 2 nitrogen and oxygen atoms in total. The molecule has 0 radical (unpaired) electrons. The highest BCUT2D eigenvalue weighted by Crippen LogP contribution is 2.40. The van der Waals surface area contributed by atoms with E-state index in [4.69, 9.17) is 0 Å². The smallest absolute Gasteiger partial charge is 0.0916 e. The fourth-order valence-corrected chi connectivity index (χ4v) is 4.15. The molecule has 3 rings (SSSR count). The van der Waals surface area contributed by atoms with Crippen molar-refractivity contribution in [1.82, 2.24) is 0 Å². The molecule has 2 aromatic carbocycles. The molecule has 128 valence electrons. The van der Waals surface area contributed by atoms with E-state index >= 15 is 0 Å². The third-order valence-corrected chi connectivity index (χ3v) is 5.46. The van der Waals surface area contributed by atoms with Gasteiger partial charge >= 0.3 is 0 Å². The van der Waals surface area contributed by atoms with Gasteiger partial charge in [-0.15, -0.1) is 0 Å². The summed E-state index contributed by atoms with van der Waals surface area (Å²) in [4.78, 5) is 2.50. The molecular formula is C22H29NO. The maximum Gasteiger partial charge on any atom is 0.0916 e. The number of nitrogens with zero attached hydrogens (tertiary/aromatic N) is 1. The molecule has 1 heterocycles. The van der Waals surface area contributed by atoms with Crippen molar-refractivity contribution in [1.29, 1.82) is 0 Å². The molecule has 0 saturated carbocycles. The van der Waals surface area contributed by atoms with Crippen LogP contribution in [0, 0.1) is 0 Å². The van der Waals surface area contributed by atoms with Gasteiger partial charge in [-0.3, -0.25) is 0 Å². The summed E-state index contributed by atoms with van der Waals surface area (Å²) in [6.07, 6.45) is 3.76. The minimum absolute atomic E-state index is 0.114. The van der Waals surface area contributed by atoms with Crippen LogP contribution in [-0.4, -0.2) is 17.2 Å². The minimum atomic E-state index is -0.794. The topological polar surface area (TPSA) is 23.5 Å². The Bertz CT molecular complexity index is 679. The SMILES string of the molecule is CCC(O)(CC(C)(C)N1CCCc2ccccc21)c1ccccc1. The number of aryl methyl sites for hydroxylation is 1. The highest BCUT2D eigenvalue weighted by atomic mass is 16.3. The molecule has 0 aromatic heterocycles. The largest absolute Gasteiger partial charge is 0.385 e. The molecule has 0 fully saturated rings. The van der Waals surface area contributed by atoms with Crippen molar-refractivity contribution in [3.8, 4) is 0 Å². The number of fused-ring (bicyclic) bond motifs is 1. The molecule has 1 unspecified atom stereocenters. The van der Waals surface area contributed by atoms with Gasteiger partial charge in [-0.25, -0.2) is 0 Å². The number of hydrogen-bond donors (Lipinski definition) is 1. The number of benzene rings is 2. The molecular weight excluding hydrogens is 294 g/mol. The van der Waals surface area contributed by atoms with E-state index in [0.717, 1.165) is 31.4 Å². The zero-order valence-electron chi connectivity index (χ0n) is 15.1. The molecule has 24 heavy (non-hydrogen) atoms. The molecule has 0 bridgehead atoms. The monoisotopic (exact) mass is 323 g/mol. The zero-order valence-corrected chi connectivity index (χ0v) is 15.1. The first-order valence-electron chi connectivity index (χ1n) is 9.10. The Hall–Kier alpha value is -1.80. The summed E-state index contributed by atoms with van der Waals surface area (Å²) in [5.74, 6) is 0. The third-order valence-electron chi connectivity index (χ3n) is 5.46. The molecule has 0 aliphatic carbocycles. The number of rotatable bonds is 5. The lowest BCUT2D eigenvalue weighted by atomic mass is 9.78. The first-order valence-corrected chi connectivity index (χ1v) is 9.10. The normalized spacial score (nSPS) is 17.2. The summed E-state index contributed by atoms with van der Waals surface area (Å²) < 4.78 is 0. The van der Waals surface area contributed by atoms with Crippen LogP contribution < -0.4 is 4.90 Å². The van der Waals surface area contributed by atoms with E-state index in [2.05, 4.69) is 49.9 Å². The third kappa shape index (κ3) is 3.21. The lowest BCUT2D eigenvalue weighted by Gasteiger charge is -2.47. The van der Waals surface area contributed by atoms with Crippen molar-refractivity contribution in [2.45, 2.75) is 57.6 Å². The number of hydrogen-bond acceptors (Lipinski definition) is 2. The second-order valence-electron chi connectivity index (χ2n) is 7.62. The molecule has 0 spiro atoms. The van der Waals surface area contributed by atoms with Crippen LogP contribution in [0.4, 0.5) is 5.69 Å². The molecule has 2 heteroatoms. The first-order chi connectivity index (χ1) is 11.5. The van der Waals surface area contributed by atoms with Crippen LogP contribution in [0.3, 0.4) is 0 Å². The van der Waals surface area contributed by atoms with Gasteiger partial charge in [0.15, 0.2) is 0 Å². The van der Waals surface area contributed by atoms with Gasteiger partial charge in [0.1, 0.15) is 0 Å². The molecule has 1 N–H and O–H groups in total. The van der Waals surface area contributed by atoms with Crippen LogP contribution in [0.5, 0.6) is 0 Å². The van der Waals surface area contributed by atoms with Gasteiger partial charge in [0, 0.05) is 24.2 Å². The first kappa shape index (κ1) is 17.0. The summed E-state index contributed by atoms with van der Waals surface area (Å²) in [5.41, 5.74) is 2.87. The summed E-state index contributed by atoms with van der Waals surface area (Å²) in [7, 11) is 0. The Labute approximate surface area is 146 Å². The second kappa shape index (κ2) is 6.60. The van der Waals surface area contributed by atoms with E-state index in [1.54, 1.807) is 0 Å². The van der Waals surface area contributed by atoms with Crippen LogP contribution in [-0.2, 0) is 12.0 Å². The fraction of sp³-hybridized carbons (Fsp3) is 0.455. The Morgan fingerprint density at radius 1 is 1.00 bits per heavy atom. The Balaban J connectivity index is 1.91. The van der Waals surface area contributed by atoms with Gasteiger partial charge in [0.2, 0.25) is 0 Å². The number of aliphatic hydroxyl groups is 1. The van der Waals surface area contributed by atoms with Crippen molar-refractivity contribution in [3.05, 3.63) is 65.7 Å². The molecule has 1 atom stereocenters. The standard InChI is InChI=1S/C22H29NO/c1-4-22(24,19-13-6-5-7-14-19)17-21(2,3)23-16-10-12-18-11-8-9-15-20(18)23/h5-9,11,13-15,24H,4,10,12,16-17H2,1-3H3. The lowest BCUT2D eigenvalue weighted by Crippen LogP contribution is -2.50.